The fourth-order valence-corrected chi connectivity index (χ4v) is 2.07. The van der Waals surface area contributed by atoms with Crippen LogP contribution in [0.25, 0.3) is 0 Å². The van der Waals surface area contributed by atoms with Gasteiger partial charge in [-0.3, -0.25) is 4.79 Å². The number of carbonyl (C=O) groups excluding carboxylic acids is 1. The van der Waals surface area contributed by atoms with Gasteiger partial charge in [0.15, 0.2) is 17.3 Å². The zero-order valence-electron chi connectivity index (χ0n) is 12.7. The molecule has 0 aliphatic rings. The number of amides is 1. The fourth-order valence-electron chi connectivity index (χ4n) is 2.07. The van der Waals surface area contributed by atoms with Crippen molar-refractivity contribution in [3.63, 3.8) is 0 Å². The largest absolute Gasteiger partial charge is 0.494 e. The van der Waals surface area contributed by atoms with Crippen molar-refractivity contribution in [1.82, 2.24) is 5.32 Å². The van der Waals surface area contributed by atoms with Crippen LogP contribution >= 0.6 is 0 Å². The smallest absolute Gasteiger partial charge is 0.339 e. The summed E-state index contributed by atoms with van der Waals surface area (Å²) < 4.78 is 23.6. The quantitative estimate of drug-likeness (QED) is 0.854. The van der Waals surface area contributed by atoms with Gasteiger partial charge in [-0.1, -0.05) is 13.0 Å². The standard InChI is InChI=1S/C16H16FNO5/c1-3-12-10(16(20)21)7-14(23-12)15(19)18-8-9-4-5-13(22-2)11(17)6-9/h4-7H,3,8H2,1-2H3,(H,18,19)(H,20,21). The van der Waals surface area contributed by atoms with E-state index in [4.69, 9.17) is 14.3 Å². The summed E-state index contributed by atoms with van der Waals surface area (Å²) in [5.74, 6) is -1.99. The Balaban J connectivity index is 2.08. The van der Waals surface area contributed by atoms with Crippen LogP contribution in [-0.4, -0.2) is 24.1 Å². The van der Waals surface area contributed by atoms with Crippen molar-refractivity contribution < 1.29 is 28.2 Å². The second kappa shape index (κ2) is 6.95. The number of aromatic carboxylic acids is 1. The summed E-state index contributed by atoms with van der Waals surface area (Å²) >= 11 is 0. The van der Waals surface area contributed by atoms with Crippen molar-refractivity contribution >= 4 is 11.9 Å². The lowest BCUT2D eigenvalue weighted by molar-refractivity contribution is 0.0694. The number of aryl methyl sites for hydroxylation is 1. The lowest BCUT2D eigenvalue weighted by Gasteiger charge is -2.06. The Morgan fingerprint density at radius 2 is 2.09 bits per heavy atom. The molecule has 7 heteroatoms. The second-order valence-electron chi connectivity index (χ2n) is 4.76. The number of furan rings is 1. The fraction of sp³-hybridized carbons (Fsp3) is 0.250. The molecule has 0 spiro atoms. The van der Waals surface area contributed by atoms with E-state index in [0.717, 1.165) is 0 Å². The van der Waals surface area contributed by atoms with Crippen LogP contribution in [0, 0.1) is 5.82 Å². The summed E-state index contributed by atoms with van der Waals surface area (Å²) in [4.78, 5) is 23.1. The number of carboxylic acid groups (broad SMARTS) is 1. The third kappa shape index (κ3) is 3.68. The third-order valence-corrected chi connectivity index (χ3v) is 3.25. The van der Waals surface area contributed by atoms with Crippen LogP contribution in [0.15, 0.2) is 28.7 Å². The zero-order chi connectivity index (χ0) is 17.0. The molecule has 2 rings (SSSR count). The molecule has 0 saturated heterocycles. The molecule has 23 heavy (non-hydrogen) atoms. The minimum absolute atomic E-state index is 0.0341. The second-order valence-corrected chi connectivity index (χ2v) is 4.76. The Kier molecular flexibility index (Phi) is 5.00. The number of rotatable bonds is 6. The molecule has 0 bridgehead atoms. The molecule has 1 amide bonds. The molecule has 0 aliphatic heterocycles. The maximum Gasteiger partial charge on any atom is 0.339 e. The van der Waals surface area contributed by atoms with Crippen molar-refractivity contribution in [2.24, 2.45) is 0 Å². The Labute approximate surface area is 131 Å². The first-order valence-electron chi connectivity index (χ1n) is 6.92. The highest BCUT2D eigenvalue weighted by Gasteiger charge is 2.19. The van der Waals surface area contributed by atoms with Gasteiger partial charge in [-0.25, -0.2) is 9.18 Å². The number of carbonyl (C=O) groups is 2. The summed E-state index contributed by atoms with van der Waals surface area (Å²) in [7, 11) is 1.36. The van der Waals surface area contributed by atoms with Crippen LogP contribution in [0.5, 0.6) is 5.75 Å². The first kappa shape index (κ1) is 16.5. The zero-order valence-corrected chi connectivity index (χ0v) is 12.7. The number of hydrogen-bond acceptors (Lipinski definition) is 4. The van der Waals surface area contributed by atoms with Crippen molar-refractivity contribution in [3.8, 4) is 5.75 Å². The molecule has 1 aromatic carbocycles. The molecular weight excluding hydrogens is 305 g/mol. The van der Waals surface area contributed by atoms with Gasteiger partial charge >= 0.3 is 5.97 Å². The van der Waals surface area contributed by atoms with E-state index >= 15 is 0 Å². The van der Waals surface area contributed by atoms with Crippen molar-refractivity contribution in [3.05, 3.63) is 52.7 Å². The van der Waals surface area contributed by atoms with Crippen molar-refractivity contribution in [2.75, 3.05) is 7.11 Å². The van der Waals surface area contributed by atoms with Crippen molar-refractivity contribution in [1.29, 1.82) is 0 Å². The molecule has 0 fully saturated rings. The van der Waals surface area contributed by atoms with E-state index in [2.05, 4.69) is 5.32 Å². The van der Waals surface area contributed by atoms with Crippen LogP contribution in [-0.2, 0) is 13.0 Å². The van der Waals surface area contributed by atoms with Gasteiger partial charge in [0.25, 0.3) is 5.91 Å². The van der Waals surface area contributed by atoms with E-state index in [1.807, 2.05) is 0 Å². The number of halogens is 1. The molecule has 0 atom stereocenters. The van der Waals surface area contributed by atoms with Gasteiger partial charge in [0.05, 0.1) is 7.11 Å². The van der Waals surface area contributed by atoms with Gasteiger partial charge in [0.2, 0.25) is 0 Å². The van der Waals surface area contributed by atoms with Crippen LogP contribution in [0.2, 0.25) is 0 Å². The molecule has 0 unspecified atom stereocenters. The average molecular weight is 321 g/mol. The van der Waals surface area contributed by atoms with E-state index in [-0.39, 0.29) is 29.4 Å². The van der Waals surface area contributed by atoms with Gasteiger partial charge in [0.1, 0.15) is 11.3 Å². The summed E-state index contributed by atoms with van der Waals surface area (Å²) in [6.45, 7) is 1.80. The average Bonchev–Trinajstić information content (AvgIpc) is 2.97. The summed E-state index contributed by atoms with van der Waals surface area (Å²) in [6.07, 6.45) is 0.360. The van der Waals surface area contributed by atoms with Gasteiger partial charge in [-0.2, -0.15) is 0 Å². The Bertz CT molecular complexity index is 738. The van der Waals surface area contributed by atoms with Crippen molar-refractivity contribution in [2.45, 2.75) is 19.9 Å². The number of methoxy groups -OCH3 is 1. The van der Waals surface area contributed by atoms with Crippen LogP contribution in [0.3, 0.4) is 0 Å². The van der Waals surface area contributed by atoms with Crippen LogP contribution in [0.1, 0.15) is 39.2 Å². The highest BCUT2D eigenvalue weighted by molar-refractivity contribution is 5.96. The normalized spacial score (nSPS) is 10.4. The Hall–Kier alpha value is -2.83. The molecule has 0 saturated carbocycles. The molecular formula is C16H16FNO5. The summed E-state index contributed by atoms with van der Waals surface area (Å²) in [5, 5.41) is 11.6. The van der Waals surface area contributed by atoms with Crippen LogP contribution in [0.4, 0.5) is 4.39 Å². The topological polar surface area (TPSA) is 88.8 Å². The molecule has 1 aromatic heterocycles. The first-order chi connectivity index (χ1) is 11.0. The molecule has 6 nitrogen and oxygen atoms in total. The minimum Gasteiger partial charge on any atom is -0.494 e. The van der Waals surface area contributed by atoms with E-state index in [0.29, 0.717) is 12.0 Å². The third-order valence-electron chi connectivity index (χ3n) is 3.25. The number of nitrogens with one attached hydrogen (secondary N) is 1. The van der Waals surface area contributed by atoms with E-state index in [1.165, 1.54) is 25.3 Å². The van der Waals surface area contributed by atoms with Gasteiger partial charge in [-0.05, 0) is 17.7 Å². The highest BCUT2D eigenvalue weighted by Crippen LogP contribution is 2.19. The lowest BCUT2D eigenvalue weighted by atomic mass is 10.2. The van der Waals surface area contributed by atoms with Crippen LogP contribution < -0.4 is 10.1 Å². The maximum atomic E-state index is 13.6. The number of carboxylic acids is 1. The predicted octanol–water partition coefficient (Wildman–Crippen LogP) is 2.62. The van der Waals surface area contributed by atoms with Gasteiger partial charge in [-0.15, -0.1) is 0 Å². The molecule has 1 heterocycles. The maximum absolute atomic E-state index is 13.6. The highest BCUT2D eigenvalue weighted by atomic mass is 19.1. The summed E-state index contributed by atoms with van der Waals surface area (Å²) in [5.41, 5.74) is 0.505. The van der Waals surface area contributed by atoms with E-state index in [1.54, 1.807) is 13.0 Å². The molecule has 2 aromatic rings. The Morgan fingerprint density at radius 1 is 1.35 bits per heavy atom. The molecule has 122 valence electrons. The first-order valence-corrected chi connectivity index (χ1v) is 6.92. The molecule has 0 radical (unpaired) electrons. The summed E-state index contributed by atoms with van der Waals surface area (Å²) in [6, 6.07) is 5.51. The molecule has 0 aliphatic carbocycles. The van der Waals surface area contributed by atoms with E-state index < -0.39 is 17.7 Å². The monoisotopic (exact) mass is 321 g/mol. The van der Waals surface area contributed by atoms with Gasteiger partial charge in [0, 0.05) is 19.0 Å². The lowest BCUT2D eigenvalue weighted by Crippen LogP contribution is -2.22. The predicted molar refractivity (Wildman–Crippen MR) is 79.2 cm³/mol. The SMILES string of the molecule is CCc1oc(C(=O)NCc2ccc(OC)c(F)c2)cc1C(=O)O. The Morgan fingerprint density at radius 3 is 2.61 bits per heavy atom. The van der Waals surface area contributed by atoms with E-state index in [9.17, 15) is 14.0 Å². The number of ether oxygens (including phenoxy) is 1. The number of hydrogen-bond donors (Lipinski definition) is 2. The minimum atomic E-state index is -1.15. The molecule has 2 N–H and O–H groups in total. The number of benzene rings is 1. The van der Waals surface area contributed by atoms with Gasteiger partial charge < -0.3 is 19.6 Å².